The Hall–Kier alpha value is -1.12. The Morgan fingerprint density at radius 2 is 2.29 bits per heavy atom. The SMILES string of the molecule is CS(=O)(=O)c1c(N)nsc1NCc1ccsc1. The van der Waals surface area contributed by atoms with Gasteiger partial charge < -0.3 is 11.1 Å². The topological polar surface area (TPSA) is 85.1 Å². The molecule has 0 aromatic carbocycles. The second-order valence-corrected chi connectivity index (χ2v) is 6.99. The lowest BCUT2D eigenvalue weighted by Crippen LogP contribution is -2.05. The summed E-state index contributed by atoms with van der Waals surface area (Å²) >= 11 is 2.66. The Bertz CT molecular complexity index is 601. The number of hydrogen-bond acceptors (Lipinski definition) is 7. The molecule has 0 atom stereocenters. The average molecular weight is 289 g/mol. The highest BCUT2D eigenvalue weighted by atomic mass is 32.2. The number of nitrogens with zero attached hydrogens (tertiary/aromatic N) is 1. The Morgan fingerprint density at radius 1 is 1.53 bits per heavy atom. The number of thiophene rings is 1. The van der Waals surface area contributed by atoms with Crippen molar-refractivity contribution in [1.82, 2.24) is 4.37 Å². The van der Waals surface area contributed by atoms with E-state index >= 15 is 0 Å². The van der Waals surface area contributed by atoms with Crippen LogP contribution in [0.2, 0.25) is 0 Å². The lowest BCUT2D eigenvalue weighted by atomic mass is 10.3. The van der Waals surface area contributed by atoms with E-state index in [1.54, 1.807) is 11.3 Å². The molecule has 0 amide bonds. The molecule has 2 rings (SSSR count). The van der Waals surface area contributed by atoms with E-state index in [9.17, 15) is 8.42 Å². The lowest BCUT2D eigenvalue weighted by Gasteiger charge is -2.04. The molecule has 0 unspecified atom stereocenters. The van der Waals surface area contributed by atoms with Crippen molar-refractivity contribution in [3.63, 3.8) is 0 Å². The van der Waals surface area contributed by atoms with Gasteiger partial charge in [0.1, 0.15) is 9.90 Å². The number of nitrogen functional groups attached to an aromatic ring is 1. The molecule has 0 aliphatic rings. The van der Waals surface area contributed by atoms with Crippen LogP contribution in [-0.2, 0) is 16.4 Å². The first kappa shape index (κ1) is 12.3. The van der Waals surface area contributed by atoms with Crippen molar-refractivity contribution in [2.75, 3.05) is 17.3 Å². The predicted molar refractivity (Wildman–Crippen MR) is 71.3 cm³/mol. The van der Waals surface area contributed by atoms with E-state index in [1.807, 2.05) is 16.8 Å². The van der Waals surface area contributed by atoms with Gasteiger partial charge in [-0.1, -0.05) is 0 Å². The molecular formula is C9H11N3O2S3. The van der Waals surface area contributed by atoms with E-state index in [1.165, 1.54) is 0 Å². The summed E-state index contributed by atoms with van der Waals surface area (Å²) < 4.78 is 27.0. The van der Waals surface area contributed by atoms with Gasteiger partial charge in [0.15, 0.2) is 15.7 Å². The van der Waals surface area contributed by atoms with Crippen molar-refractivity contribution < 1.29 is 8.42 Å². The molecule has 92 valence electrons. The second-order valence-electron chi connectivity index (χ2n) is 3.48. The zero-order valence-corrected chi connectivity index (χ0v) is 11.5. The van der Waals surface area contributed by atoms with E-state index in [2.05, 4.69) is 9.69 Å². The van der Waals surface area contributed by atoms with Crippen LogP contribution in [0.1, 0.15) is 5.56 Å². The minimum atomic E-state index is -3.35. The number of nitrogens with two attached hydrogens (primary N) is 1. The summed E-state index contributed by atoms with van der Waals surface area (Å²) in [6.07, 6.45) is 1.13. The molecule has 0 spiro atoms. The highest BCUT2D eigenvalue weighted by Gasteiger charge is 2.20. The number of nitrogens with one attached hydrogen (secondary N) is 1. The fourth-order valence-corrected chi connectivity index (χ4v) is 4.07. The van der Waals surface area contributed by atoms with E-state index in [4.69, 9.17) is 5.73 Å². The molecule has 0 radical (unpaired) electrons. The summed E-state index contributed by atoms with van der Waals surface area (Å²) in [6.45, 7) is 0.563. The molecule has 2 aromatic rings. The van der Waals surface area contributed by atoms with Crippen molar-refractivity contribution >= 4 is 43.5 Å². The molecule has 2 aromatic heterocycles. The summed E-state index contributed by atoms with van der Waals surface area (Å²) in [6, 6.07) is 1.97. The largest absolute Gasteiger partial charge is 0.382 e. The Morgan fingerprint density at radius 3 is 2.88 bits per heavy atom. The second kappa shape index (κ2) is 4.63. The molecule has 0 bridgehead atoms. The van der Waals surface area contributed by atoms with Crippen LogP contribution in [0.25, 0.3) is 0 Å². The highest BCUT2D eigenvalue weighted by molar-refractivity contribution is 7.91. The third-order valence-electron chi connectivity index (χ3n) is 2.08. The third-order valence-corrected chi connectivity index (χ3v) is 4.91. The number of anilines is 2. The van der Waals surface area contributed by atoms with Crippen LogP contribution >= 0.6 is 22.9 Å². The quantitative estimate of drug-likeness (QED) is 0.896. The maximum Gasteiger partial charge on any atom is 0.182 e. The van der Waals surface area contributed by atoms with Crippen molar-refractivity contribution in [3.05, 3.63) is 22.4 Å². The number of rotatable bonds is 4. The number of sulfone groups is 1. The molecule has 8 heteroatoms. The van der Waals surface area contributed by atoms with Crippen LogP contribution in [0.15, 0.2) is 21.7 Å². The molecule has 0 saturated heterocycles. The van der Waals surface area contributed by atoms with Gasteiger partial charge in [-0.05, 0) is 33.9 Å². The maximum absolute atomic E-state index is 11.5. The Labute approximate surface area is 107 Å². The standard InChI is InChI=1S/C9H11N3O2S3/c1-17(13,14)7-8(10)12-16-9(7)11-4-6-2-3-15-5-6/h2-3,5,11H,4H2,1H3,(H2,10,12). The monoisotopic (exact) mass is 289 g/mol. The van der Waals surface area contributed by atoms with E-state index in [-0.39, 0.29) is 10.7 Å². The summed E-state index contributed by atoms with van der Waals surface area (Å²) in [7, 11) is -3.35. The van der Waals surface area contributed by atoms with Gasteiger partial charge in [0.05, 0.1) is 0 Å². The molecule has 2 heterocycles. The van der Waals surface area contributed by atoms with Gasteiger partial charge in [-0.25, -0.2) is 8.42 Å². The minimum absolute atomic E-state index is 0.0605. The summed E-state index contributed by atoms with van der Waals surface area (Å²) in [4.78, 5) is 0.0951. The lowest BCUT2D eigenvalue weighted by molar-refractivity contribution is 0.602. The maximum atomic E-state index is 11.5. The Kier molecular flexibility index (Phi) is 3.36. The Balaban J connectivity index is 2.22. The van der Waals surface area contributed by atoms with Crippen LogP contribution in [0.5, 0.6) is 0 Å². The van der Waals surface area contributed by atoms with Gasteiger partial charge in [-0.3, -0.25) is 0 Å². The van der Waals surface area contributed by atoms with E-state index in [0.29, 0.717) is 11.5 Å². The molecule has 17 heavy (non-hydrogen) atoms. The average Bonchev–Trinajstić information content (AvgIpc) is 2.82. The smallest absolute Gasteiger partial charge is 0.182 e. The van der Waals surface area contributed by atoms with Crippen LogP contribution < -0.4 is 11.1 Å². The van der Waals surface area contributed by atoms with Crippen molar-refractivity contribution in [2.45, 2.75) is 11.4 Å². The van der Waals surface area contributed by atoms with Crippen molar-refractivity contribution in [2.24, 2.45) is 0 Å². The fourth-order valence-electron chi connectivity index (χ4n) is 1.34. The zero-order chi connectivity index (χ0) is 12.5. The van der Waals surface area contributed by atoms with Gasteiger partial charge >= 0.3 is 0 Å². The van der Waals surface area contributed by atoms with Crippen LogP contribution in [-0.4, -0.2) is 19.0 Å². The first-order chi connectivity index (χ1) is 7.98. The summed E-state index contributed by atoms with van der Waals surface area (Å²) in [5.74, 6) is 0.0605. The van der Waals surface area contributed by atoms with Gasteiger partial charge in [-0.15, -0.1) is 0 Å². The fraction of sp³-hybridized carbons (Fsp3) is 0.222. The van der Waals surface area contributed by atoms with Crippen LogP contribution in [0.3, 0.4) is 0 Å². The third kappa shape index (κ3) is 2.76. The van der Waals surface area contributed by atoms with Gasteiger partial charge in [-0.2, -0.15) is 15.7 Å². The van der Waals surface area contributed by atoms with E-state index < -0.39 is 9.84 Å². The first-order valence-electron chi connectivity index (χ1n) is 4.68. The van der Waals surface area contributed by atoms with Crippen LogP contribution in [0.4, 0.5) is 10.8 Å². The number of hydrogen-bond donors (Lipinski definition) is 2. The summed E-state index contributed by atoms with van der Waals surface area (Å²) in [5, 5.41) is 7.51. The summed E-state index contributed by atoms with van der Waals surface area (Å²) in [5.41, 5.74) is 6.66. The molecule has 5 nitrogen and oxygen atoms in total. The van der Waals surface area contributed by atoms with Gasteiger partial charge in [0.2, 0.25) is 0 Å². The molecule has 0 fully saturated rings. The van der Waals surface area contributed by atoms with Gasteiger partial charge in [0.25, 0.3) is 0 Å². The number of aromatic nitrogens is 1. The molecule has 0 aliphatic carbocycles. The molecule has 3 N–H and O–H groups in total. The highest BCUT2D eigenvalue weighted by Crippen LogP contribution is 2.31. The van der Waals surface area contributed by atoms with Crippen LogP contribution in [0, 0.1) is 0 Å². The van der Waals surface area contributed by atoms with E-state index in [0.717, 1.165) is 23.4 Å². The molecule has 0 aliphatic heterocycles. The zero-order valence-electron chi connectivity index (χ0n) is 9.00. The molecular weight excluding hydrogens is 278 g/mol. The molecule has 0 saturated carbocycles. The minimum Gasteiger partial charge on any atom is -0.382 e. The normalized spacial score (nSPS) is 11.6. The first-order valence-corrected chi connectivity index (χ1v) is 8.29. The van der Waals surface area contributed by atoms with Crippen molar-refractivity contribution in [1.29, 1.82) is 0 Å². The van der Waals surface area contributed by atoms with Crippen molar-refractivity contribution in [3.8, 4) is 0 Å². The predicted octanol–water partition coefficient (Wildman–Crippen LogP) is 1.80. The van der Waals surface area contributed by atoms with Gasteiger partial charge in [0, 0.05) is 12.8 Å².